The van der Waals surface area contributed by atoms with Crippen LogP contribution < -0.4 is 15.6 Å². The summed E-state index contributed by atoms with van der Waals surface area (Å²) in [6.45, 7) is 1.34. The number of sulfonamides is 1. The molecule has 1 heterocycles. The normalized spacial score (nSPS) is 11.2. The lowest BCUT2D eigenvalue weighted by atomic mass is 10.3. The molecule has 0 aliphatic heterocycles. The van der Waals surface area contributed by atoms with Crippen LogP contribution in [0.4, 0.5) is 10.8 Å². The first-order valence-electron chi connectivity index (χ1n) is 5.46. The van der Waals surface area contributed by atoms with E-state index in [0.717, 1.165) is 11.3 Å². The molecule has 0 bridgehead atoms. The number of carbonyl (C=O) groups excluding carboxylic acids is 1. The summed E-state index contributed by atoms with van der Waals surface area (Å²) < 4.78 is 21.9. The van der Waals surface area contributed by atoms with Gasteiger partial charge in [-0.2, -0.15) is 0 Å². The van der Waals surface area contributed by atoms with Crippen LogP contribution in [-0.4, -0.2) is 24.5 Å². The van der Waals surface area contributed by atoms with Gasteiger partial charge in [0.1, 0.15) is 0 Å². The molecule has 112 valence electrons. The van der Waals surface area contributed by atoms with Gasteiger partial charge in [0.15, 0.2) is 0 Å². The molecule has 2 aromatic rings. The summed E-state index contributed by atoms with van der Waals surface area (Å²) in [6, 6.07) is 6.48. The summed E-state index contributed by atoms with van der Waals surface area (Å²) in [5.74, 6) is -0.329. The third kappa shape index (κ3) is 3.88. The summed E-state index contributed by atoms with van der Waals surface area (Å²) in [7, 11) is -3.92. The fourth-order valence-electron chi connectivity index (χ4n) is 1.38. The highest BCUT2D eigenvalue weighted by molar-refractivity contribution is 7.91. The van der Waals surface area contributed by atoms with Crippen molar-refractivity contribution in [1.29, 1.82) is 0 Å². The van der Waals surface area contributed by atoms with Crippen LogP contribution in [-0.2, 0) is 14.8 Å². The van der Waals surface area contributed by atoms with Gasteiger partial charge in [-0.3, -0.25) is 10.2 Å². The van der Waals surface area contributed by atoms with E-state index in [2.05, 4.69) is 15.6 Å². The number of rotatable bonds is 4. The number of aromatic nitrogens is 2. The zero-order valence-corrected chi connectivity index (χ0v) is 13.0. The molecule has 1 aromatic carbocycles. The van der Waals surface area contributed by atoms with Gasteiger partial charge in [-0.1, -0.05) is 22.9 Å². The molecule has 0 aliphatic rings. The Morgan fingerprint density at radius 2 is 1.95 bits per heavy atom. The van der Waals surface area contributed by atoms with E-state index in [9.17, 15) is 13.2 Å². The maximum absolute atomic E-state index is 11.7. The van der Waals surface area contributed by atoms with E-state index in [4.69, 9.17) is 16.7 Å². The van der Waals surface area contributed by atoms with Crippen molar-refractivity contribution in [1.82, 2.24) is 10.2 Å². The first-order valence-corrected chi connectivity index (χ1v) is 8.20. The number of amides is 1. The van der Waals surface area contributed by atoms with Crippen molar-refractivity contribution in [3.63, 3.8) is 0 Å². The molecule has 0 fully saturated rings. The predicted molar refractivity (Wildman–Crippen MR) is 79.5 cm³/mol. The highest BCUT2D eigenvalue weighted by Gasteiger charge is 2.18. The van der Waals surface area contributed by atoms with Gasteiger partial charge in [0.25, 0.3) is 10.0 Å². The Hall–Kier alpha value is -1.75. The third-order valence-electron chi connectivity index (χ3n) is 2.26. The maximum atomic E-state index is 11.7. The van der Waals surface area contributed by atoms with E-state index in [-0.39, 0.29) is 15.4 Å². The van der Waals surface area contributed by atoms with Crippen molar-refractivity contribution in [3.05, 3.63) is 29.3 Å². The number of hydrazine groups is 1. The van der Waals surface area contributed by atoms with Crippen LogP contribution in [0, 0.1) is 0 Å². The lowest BCUT2D eigenvalue weighted by Crippen LogP contribution is -2.34. The second kappa shape index (κ2) is 5.93. The summed E-state index contributed by atoms with van der Waals surface area (Å²) >= 11 is 6.50. The van der Waals surface area contributed by atoms with Gasteiger partial charge in [0, 0.05) is 11.9 Å². The summed E-state index contributed by atoms with van der Waals surface area (Å²) in [6.07, 6.45) is 0. The number of anilines is 2. The van der Waals surface area contributed by atoms with Gasteiger partial charge in [-0.25, -0.2) is 18.6 Å². The number of nitrogens with zero attached hydrogens (tertiary/aromatic N) is 3. The molecule has 1 amide bonds. The van der Waals surface area contributed by atoms with Crippen molar-refractivity contribution < 1.29 is 13.2 Å². The quantitative estimate of drug-likeness (QED) is 0.803. The molecular weight excluding hydrogens is 338 g/mol. The minimum Gasteiger partial charge on any atom is -0.273 e. The zero-order chi connectivity index (χ0) is 15.6. The van der Waals surface area contributed by atoms with Gasteiger partial charge >= 0.3 is 0 Å². The number of nitrogens with two attached hydrogens (primary N) is 1. The van der Waals surface area contributed by atoms with E-state index in [1.807, 2.05) is 0 Å². The average molecular weight is 348 g/mol. The molecule has 0 radical (unpaired) electrons. The highest BCUT2D eigenvalue weighted by Crippen LogP contribution is 2.23. The molecule has 21 heavy (non-hydrogen) atoms. The van der Waals surface area contributed by atoms with Crippen molar-refractivity contribution in [2.45, 2.75) is 11.3 Å². The summed E-state index contributed by atoms with van der Waals surface area (Å²) in [4.78, 5) is 11.7. The number of hydrogen-bond acceptors (Lipinski definition) is 7. The van der Waals surface area contributed by atoms with E-state index < -0.39 is 10.0 Å². The van der Waals surface area contributed by atoms with Crippen LogP contribution in [0.25, 0.3) is 0 Å². The van der Waals surface area contributed by atoms with Crippen molar-refractivity contribution in [2.75, 3.05) is 10.4 Å². The maximum Gasteiger partial charge on any atom is 0.267 e. The first kappa shape index (κ1) is 15.6. The number of halogens is 1. The van der Waals surface area contributed by atoms with Gasteiger partial charge in [0.05, 0.1) is 5.69 Å². The van der Waals surface area contributed by atoms with Crippen molar-refractivity contribution in [3.8, 4) is 0 Å². The van der Waals surface area contributed by atoms with Gasteiger partial charge in [-0.15, -0.1) is 10.2 Å². The van der Waals surface area contributed by atoms with Crippen LogP contribution in [0.5, 0.6) is 0 Å². The standard InChI is InChI=1S/C10H10ClN5O3S2/c1-6(17)16(8-4-2-7(11)3-5-8)15-9-13-14-10(20-9)21(12,18)19/h2-5H,1H3,(H,13,15)(H2,12,18,19). The number of hydrogen-bond donors (Lipinski definition) is 2. The van der Waals surface area contributed by atoms with E-state index in [1.165, 1.54) is 11.9 Å². The number of nitrogens with one attached hydrogen (secondary N) is 1. The zero-order valence-electron chi connectivity index (χ0n) is 10.6. The molecule has 8 nitrogen and oxygen atoms in total. The fourth-order valence-corrected chi connectivity index (χ4v) is 2.83. The molecule has 1 aromatic heterocycles. The van der Waals surface area contributed by atoms with Gasteiger partial charge in [0.2, 0.25) is 15.4 Å². The molecule has 0 unspecified atom stereocenters. The molecule has 11 heteroatoms. The third-order valence-corrected chi connectivity index (χ3v) is 4.65. The van der Waals surface area contributed by atoms with Gasteiger partial charge < -0.3 is 0 Å². The Morgan fingerprint density at radius 1 is 1.33 bits per heavy atom. The van der Waals surface area contributed by atoms with Crippen LogP contribution in [0.2, 0.25) is 5.02 Å². The Bertz CT molecular complexity index is 759. The van der Waals surface area contributed by atoms with E-state index in [0.29, 0.717) is 10.7 Å². The van der Waals surface area contributed by atoms with E-state index >= 15 is 0 Å². The largest absolute Gasteiger partial charge is 0.273 e. The van der Waals surface area contributed by atoms with Gasteiger partial charge in [-0.05, 0) is 24.3 Å². The minimum absolute atomic E-state index is 0.115. The SMILES string of the molecule is CC(=O)N(Nc1nnc(S(N)(=O)=O)s1)c1ccc(Cl)cc1. The van der Waals surface area contributed by atoms with Crippen molar-refractivity contribution in [2.24, 2.45) is 5.14 Å². The fraction of sp³-hybridized carbons (Fsp3) is 0.100. The van der Waals surface area contributed by atoms with Crippen molar-refractivity contribution >= 4 is 49.7 Å². The molecule has 0 atom stereocenters. The molecule has 2 rings (SSSR count). The monoisotopic (exact) mass is 347 g/mol. The highest BCUT2D eigenvalue weighted by atomic mass is 35.5. The van der Waals surface area contributed by atoms with Crippen LogP contribution in [0.15, 0.2) is 28.6 Å². The topological polar surface area (TPSA) is 118 Å². The predicted octanol–water partition coefficient (Wildman–Crippen LogP) is 1.22. The summed E-state index contributed by atoms with van der Waals surface area (Å²) in [5.41, 5.74) is 3.19. The number of benzene rings is 1. The second-order valence-corrected chi connectivity index (χ2v) is 7.01. The van der Waals surface area contributed by atoms with Crippen LogP contribution >= 0.6 is 22.9 Å². The number of carbonyl (C=O) groups is 1. The van der Waals surface area contributed by atoms with E-state index in [1.54, 1.807) is 24.3 Å². The smallest absolute Gasteiger partial charge is 0.267 e. The molecule has 3 N–H and O–H groups in total. The second-order valence-electron chi connectivity index (χ2n) is 3.86. The summed E-state index contributed by atoms with van der Waals surface area (Å²) in [5, 5.41) is 13.8. The Balaban J connectivity index is 2.27. The Labute approximate surface area is 129 Å². The molecular formula is C10H10ClN5O3S2. The Kier molecular flexibility index (Phi) is 4.42. The van der Waals surface area contributed by atoms with Crippen LogP contribution in [0.3, 0.4) is 0 Å². The molecule has 0 saturated carbocycles. The molecule has 0 spiro atoms. The van der Waals surface area contributed by atoms with Crippen LogP contribution in [0.1, 0.15) is 6.92 Å². The minimum atomic E-state index is -3.92. The average Bonchev–Trinajstić information content (AvgIpc) is 2.85. The first-order chi connectivity index (χ1) is 9.77. The molecule has 0 saturated heterocycles. The lowest BCUT2D eigenvalue weighted by Gasteiger charge is -2.20. The molecule has 0 aliphatic carbocycles. The Morgan fingerprint density at radius 3 is 2.43 bits per heavy atom. The lowest BCUT2D eigenvalue weighted by molar-refractivity contribution is -0.116. The number of primary sulfonamides is 1.